The van der Waals surface area contributed by atoms with Crippen molar-refractivity contribution < 1.29 is 9.53 Å². The van der Waals surface area contributed by atoms with Crippen LogP contribution in [-0.4, -0.2) is 40.9 Å². The van der Waals surface area contributed by atoms with Crippen molar-refractivity contribution in [1.29, 1.82) is 0 Å². The quantitative estimate of drug-likeness (QED) is 0.158. The monoisotopic (exact) mass is 539 g/mol. The SMILES string of the molecule is CCNC(=NCc1ccccc1Cn1cccn1)NCCCC(=O)OC1CCCC1.I. The first-order valence-corrected chi connectivity index (χ1v) is 11.0. The third kappa shape index (κ3) is 8.88. The molecule has 0 amide bonds. The molecule has 0 unspecified atom stereocenters. The topological polar surface area (TPSA) is 80.5 Å². The molecule has 7 nitrogen and oxygen atoms in total. The average molecular weight is 539 g/mol. The number of carbonyl (C=O) groups excluding carboxylic acids is 1. The number of carbonyl (C=O) groups is 1. The number of aromatic nitrogens is 2. The molecule has 0 saturated heterocycles. The van der Waals surface area contributed by atoms with E-state index in [1.54, 1.807) is 6.20 Å². The van der Waals surface area contributed by atoms with Crippen molar-refractivity contribution in [1.82, 2.24) is 20.4 Å². The summed E-state index contributed by atoms with van der Waals surface area (Å²) in [5.74, 6) is 0.675. The van der Waals surface area contributed by atoms with Gasteiger partial charge in [-0.25, -0.2) is 4.99 Å². The first-order valence-electron chi connectivity index (χ1n) is 11.0. The molecule has 0 aliphatic heterocycles. The lowest BCUT2D eigenvalue weighted by molar-refractivity contribution is -0.148. The lowest BCUT2D eigenvalue weighted by Gasteiger charge is -2.13. The minimum Gasteiger partial charge on any atom is -0.462 e. The molecule has 0 radical (unpaired) electrons. The lowest BCUT2D eigenvalue weighted by atomic mass is 10.1. The molecule has 3 rings (SSSR count). The summed E-state index contributed by atoms with van der Waals surface area (Å²) in [6.45, 7) is 4.81. The zero-order chi connectivity index (χ0) is 21.0. The first kappa shape index (κ1) is 25.2. The van der Waals surface area contributed by atoms with Crippen LogP contribution >= 0.6 is 24.0 Å². The van der Waals surface area contributed by atoms with Crippen molar-refractivity contribution in [3.05, 3.63) is 53.9 Å². The summed E-state index contributed by atoms with van der Waals surface area (Å²) >= 11 is 0. The molecule has 31 heavy (non-hydrogen) atoms. The van der Waals surface area contributed by atoms with Crippen molar-refractivity contribution in [3.63, 3.8) is 0 Å². The Morgan fingerprint density at radius 3 is 2.68 bits per heavy atom. The van der Waals surface area contributed by atoms with Gasteiger partial charge in [-0.2, -0.15) is 5.10 Å². The second kappa shape index (κ2) is 14.1. The van der Waals surface area contributed by atoms with E-state index in [1.165, 1.54) is 24.0 Å². The summed E-state index contributed by atoms with van der Waals surface area (Å²) in [6, 6.07) is 10.2. The predicted octanol–water partition coefficient (Wildman–Crippen LogP) is 3.87. The van der Waals surface area contributed by atoms with Crippen LogP contribution in [0.4, 0.5) is 0 Å². The van der Waals surface area contributed by atoms with E-state index in [9.17, 15) is 4.79 Å². The van der Waals surface area contributed by atoms with E-state index in [0.29, 0.717) is 19.5 Å². The highest BCUT2D eigenvalue weighted by Crippen LogP contribution is 2.21. The molecule has 1 aromatic carbocycles. The molecule has 0 spiro atoms. The van der Waals surface area contributed by atoms with Crippen molar-refractivity contribution in [2.75, 3.05) is 13.1 Å². The van der Waals surface area contributed by atoms with Crippen LogP contribution in [0.15, 0.2) is 47.7 Å². The van der Waals surface area contributed by atoms with E-state index in [-0.39, 0.29) is 36.0 Å². The van der Waals surface area contributed by atoms with Gasteiger partial charge < -0.3 is 15.4 Å². The van der Waals surface area contributed by atoms with Gasteiger partial charge in [0, 0.05) is 31.9 Å². The zero-order valence-corrected chi connectivity index (χ0v) is 20.6. The van der Waals surface area contributed by atoms with Gasteiger partial charge in [-0.05, 0) is 56.2 Å². The van der Waals surface area contributed by atoms with Gasteiger partial charge in [-0.1, -0.05) is 24.3 Å². The molecule has 1 saturated carbocycles. The van der Waals surface area contributed by atoms with Gasteiger partial charge in [0.1, 0.15) is 6.10 Å². The number of benzene rings is 1. The number of esters is 1. The molecular weight excluding hydrogens is 505 g/mol. The maximum absolute atomic E-state index is 11.9. The predicted molar refractivity (Wildman–Crippen MR) is 134 cm³/mol. The lowest BCUT2D eigenvalue weighted by Crippen LogP contribution is -2.38. The van der Waals surface area contributed by atoms with Gasteiger partial charge in [0.15, 0.2) is 5.96 Å². The van der Waals surface area contributed by atoms with Gasteiger partial charge in [0.25, 0.3) is 0 Å². The number of nitrogens with zero attached hydrogens (tertiary/aromatic N) is 3. The number of nitrogens with one attached hydrogen (secondary N) is 2. The molecule has 2 aromatic rings. The van der Waals surface area contributed by atoms with Crippen LogP contribution in [0.3, 0.4) is 0 Å². The highest BCUT2D eigenvalue weighted by molar-refractivity contribution is 14.0. The van der Waals surface area contributed by atoms with E-state index in [4.69, 9.17) is 9.73 Å². The van der Waals surface area contributed by atoms with Gasteiger partial charge in [0.05, 0.1) is 13.1 Å². The number of ether oxygens (including phenoxy) is 1. The fraction of sp³-hybridized carbons (Fsp3) is 0.522. The second-order valence-electron chi connectivity index (χ2n) is 7.59. The van der Waals surface area contributed by atoms with Crippen LogP contribution in [0.5, 0.6) is 0 Å². The summed E-state index contributed by atoms with van der Waals surface area (Å²) in [5, 5.41) is 10.9. The molecule has 170 valence electrons. The smallest absolute Gasteiger partial charge is 0.306 e. The Balaban J connectivity index is 0.00000341. The fourth-order valence-corrected chi connectivity index (χ4v) is 3.63. The second-order valence-corrected chi connectivity index (χ2v) is 7.59. The molecule has 1 fully saturated rings. The molecule has 1 aliphatic rings. The summed E-state index contributed by atoms with van der Waals surface area (Å²) in [6.07, 6.45) is 9.44. The van der Waals surface area contributed by atoms with Gasteiger partial charge in [-0.15, -0.1) is 24.0 Å². The van der Waals surface area contributed by atoms with Crippen LogP contribution in [0.25, 0.3) is 0 Å². The van der Waals surface area contributed by atoms with Gasteiger partial charge in [-0.3, -0.25) is 9.48 Å². The molecule has 2 N–H and O–H groups in total. The molecule has 0 atom stereocenters. The fourth-order valence-electron chi connectivity index (χ4n) is 3.63. The third-order valence-electron chi connectivity index (χ3n) is 5.21. The Hall–Kier alpha value is -2.10. The van der Waals surface area contributed by atoms with Crippen molar-refractivity contribution in [2.45, 2.75) is 64.6 Å². The summed E-state index contributed by atoms with van der Waals surface area (Å²) in [7, 11) is 0. The number of hydrogen-bond acceptors (Lipinski definition) is 4. The van der Waals surface area contributed by atoms with Crippen LogP contribution in [0.2, 0.25) is 0 Å². The van der Waals surface area contributed by atoms with Gasteiger partial charge in [0.2, 0.25) is 0 Å². The maximum Gasteiger partial charge on any atom is 0.306 e. The highest BCUT2D eigenvalue weighted by Gasteiger charge is 2.18. The van der Waals surface area contributed by atoms with Crippen molar-refractivity contribution >= 4 is 35.9 Å². The van der Waals surface area contributed by atoms with Crippen molar-refractivity contribution in [3.8, 4) is 0 Å². The Bertz CT molecular complexity index is 804. The minimum absolute atomic E-state index is 0. The highest BCUT2D eigenvalue weighted by atomic mass is 127. The molecular formula is C23H34IN5O2. The molecule has 0 bridgehead atoms. The molecule has 1 aliphatic carbocycles. The van der Waals surface area contributed by atoms with E-state index in [0.717, 1.165) is 38.3 Å². The summed E-state index contributed by atoms with van der Waals surface area (Å²) in [5.41, 5.74) is 2.38. The van der Waals surface area contributed by atoms with E-state index >= 15 is 0 Å². The number of guanidine groups is 1. The van der Waals surface area contributed by atoms with E-state index < -0.39 is 0 Å². The minimum atomic E-state index is -0.0850. The number of halogens is 1. The van der Waals surface area contributed by atoms with E-state index in [1.807, 2.05) is 36.0 Å². The van der Waals surface area contributed by atoms with Crippen LogP contribution in [0, 0.1) is 0 Å². The number of rotatable bonds is 10. The van der Waals surface area contributed by atoms with Crippen LogP contribution in [-0.2, 0) is 22.6 Å². The van der Waals surface area contributed by atoms with Crippen molar-refractivity contribution in [2.24, 2.45) is 4.99 Å². The Labute approximate surface area is 202 Å². The summed E-state index contributed by atoms with van der Waals surface area (Å²) in [4.78, 5) is 16.7. The normalized spacial score (nSPS) is 14.2. The molecule has 8 heteroatoms. The molecule has 1 aromatic heterocycles. The third-order valence-corrected chi connectivity index (χ3v) is 5.21. The number of hydrogen-bond donors (Lipinski definition) is 2. The van der Waals surface area contributed by atoms with Crippen LogP contribution < -0.4 is 10.6 Å². The summed E-state index contributed by atoms with van der Waals surface area (Å²) < 4.78 is 7.42. The Morgan fingerprint density at radius 2 is 1.97 bits per heavy atom. The maximum atomic E-state index is 11.9. The largest absolute Gasteiger partial charge is 0.462 e. The Morgan fingerprint density at radius 1 is 1.19 bits per heavy atom. The standard InChI is InChI=1S/C23H33N5O2.HI/c1-2-24-23(25-14-7-13-22(29)30-21-11-5-6-12-21)26-17-19-9-3-4-10-20(19)18-28-16-8-15-27-28;/h3-4,8-10,15-16,21H,2,5-7,11-14,17-18H2,1H3,(H2,24,25,26);1H. The zero-order valence-electron chi connectivity index (χ0n) is 18.3. The molecule has 1 heterocycles. The average Bonchev–Trinajstić information content (AvgIpc) is 3.44. The Kier molecular flexibility index (Phi) is 11.4. The first-order chi connectivity index (χ1) is 14.7. The van der Waals surface area contributed by atoms with Gasteiger partial charge >= 0.3 is 5.97 Å². The number of aliphatic imine (C=N–C) groups is 1. The van der Waals surface area contributed by atoms with Crippen LogP contribution in [0.1, 0.15) is 56.6 Å². The van der Waals surface area contributed by atoms with E-state index in [2.05, 4.69) is 27.9 Å².